The smallest absolute Gasteiger partial charge is 0.174 e. The lowest BCUT2D eigenvalue weighted by atomic mass is 10.0. The van der Waals surface area contributed by atoms with Gasteiger partial charge < -0.3 is 19.7 Å². The summed E-state index contributed by atoms with van der Waals surface area (Å²) in [6.45, 7) is 8.45. The summed E-state index contributed by atoms with van der Waals surface area (Å²) >= 11 is 5.81. The van der Waals surface area contributed by atoms with Crippen molar-refractivity contribution in [1.82, 2.24) is 4.90 Å². The summed E-state index contributed by atoms with van der Waals surface area (Å²) in [6.07, 6.45) is 0. The molecule has 0 fully saturated rings. The highest BCUT2D eigenvalue weighted by atomic mass is 32.1. The second-order valence-electron chi connectivity index (χ2n) is 7.99. The van der Waals surface area contributed by atoms with Crippen LogP contribution in [0.1, 0.15) is 43.4 Å². The van der Waals surface area contributed by atoms with Crippen molar-refractivity contribution in [3.63, 3.8) is 0 Å². The molecular weight excluding hydrogens is 416 g/mol. The molecule has 0 aliphatic heterocycles. The number of rotatable bonds is 9. The van der Waals surface area contributed by atoms with E-state index in [2.05, 4.69) is 60.5 Å². The molecule has 5 heteroatoms. The monoisotopic (exact) mass is 448 g/mol. The van der Waals surface area contributed by atoms with Crippen LogP contribution in [-0.4, -0.2) is 23.7 Å². The Morgan fingerprint density at radius 1 is 0.844 bits per heavy atom. The minimum Gasteiger partial charge on any atom is -0.497 e. The van der Waals surface area contributed by atoms with Gasteiger partial charge >= 0.3 is 0 Å². The predicted octanol–water partition coefficient (Wildman–Crippen LogP) is 6.62. The maximum atomic E-state index is 5.81. The number of ether oxygens (including phenoxy) is 2. The molecule has 32 heavy (non-hydrogen) atoms. The molecule has 0 heterocycles. The largest absolute Gasteiger partial charge is 0.497 e. The molecule has 0 aliphatic rings. The van der Waals surface area contributed by atoms with Gasteiger partial charge in [0, 0.05) is 18.8 Å². The van der Waals surface area contributed by atoms with Crippen LogP contribution in [-0.2, 0) is 13.1 Å². The molecule has 0 spiro atoms. The summed E-state index contributed by atoms with van der Waals surface area (Å²) < 4.78 is 10.8. The molecule has 3 aromatic carbocycles. The topological polar surface area (TPSA) is 33.7 Å². The second-order valence-corrected chi connectivity index (χ2v) is 8.37. The third-order valence-corrected chi connectivity index (χ3v) is 5.62. The number of hydrogen-bond acceptors (Lipinski definition) is 3. The van der Waals surface area contributed by atoms with Gasteiger partial charge in [0.15, 0.2) is 5.11 Å². The number of nitrogens with one attached hydrogen (secondary N) is 1. The minimum absolute atomic E-state index is 0.516. The van der Waals surface area contributed by atoms with Crippen molar-refractivity contribution in [1.29, 1.82) is 0 Å². The third kappa shape index (κ3) is 6.72. The second kappa shape index (κ2) is 11.5. The van der Waals surface area contributed by atoms with E-state index in [1.165, 1.54) is 16.7 Å². The first-order valence-corrected chi connectivity index (χ1v) is 11.4. The van der Waals surface area contributed by atoms with Gasteiger partial charge in [0.2, 0.25) is 0 Å². The summed E-state index contributed by atoms with van der Waals surface area (Å²) in [5, 5.41) is 4.06. The van der Waals surface area contributed by atoms with Gasteiger partial charge in [-0.25, -0.2) is 0 Å². The van der Waals surface area contributed by atoms with Crippen LogP contribution >= 0.6 is 12.2 Å². The van der Waals surface area contributed by atoms with Crippen molar-refractivity contribution >= 4 is 23.0 Å². The highest BCUT2D eigenvalue weighted by molar-refractivity contribution is 7.80. The normalized spacial score (nSPS) is 10.7. The average Bonchev–Trinajstić information content (AvgIpc) is 2.81. The van der Waals surface area contributed by atoms with Gasteiger partial charge in [-0.1, -0.05) is 50.2 Å². The van der Waals surface area contributed by atoms with E-state index < -0.39 is 0 Å². The lowest BCUT2D eigenvalue weighted by Gasteiger charge is -2.26. The molecule has 0 saturated carbocycles. The Kier molecular flexibility index (Phi) is 8.51. The molecule has 0 bridgehead atoms. The van der Waals surface area contributed by atoms with Crippen LogP contribution < -0.4 is 14.8 Å². The first-order valence-electron chi connectivity index (χ1n) is 11.0. The van der Waals surface area contributed by atoms with Crippen LogP contribution in [0.5, 0.6) is 11.5 Å². The third-order valence-electron chi connectivity index (χ3n) is 5.26. The van der Waals surface area contributed by atoms with Gasteiger partial charge in [0.25, 0.3) is 0 Å². The molecule has 168 valence electrons. The van der Waals surface area contributed by atoms with Crippen molar-refractivity contribution < 1.29 is 9.47 Å². The summed E-state index contributed by atoms with van der Waals surface area (Å²) in [5.74, 6) is 2.21. The molecule has 0 aromatic heterocycles. The SMILES string of the molecule is CCOc1ccc(NC(=S)N(Cc2ccc(OC)cc2)Cc2ccc(C(C)C)cc2)cc1. The number of benzene rings is 3. The van der Waals surface area contributed by atoms with E-state index >= 15 is 0 Å². The van der Waals surface area contributed by atoms with Crippen LogP contribution in [0.4, 0.5) is 5.69 Å². The summed E-state index contributed by atoms with van der Waals surface area (Å²) in [7, 11) is 1.68. The lowest BCUT2D eigenvalue weighted by Crippen LogP contribution is -2.33. The zero-order valence-corrected chi connectivity index (χ0v) is 20.1. The quantitative estimate of drug-likeness (QED) is 0.372. The fourth-order valence-electron chi connectivity index (χ4n) is 3.38. The molecule has 1 N–H and O–H groups in total. The number of methoxy groups -OCH3 is 1. The Morgan fingerprint density at radius 2 is 1.38 bits per heavy atom. The molecule has 0 atom stereocenters. The highest BCUT2D eigenvalue weighted by Gasteiger charge is 2.13. The van der Waals surface area contributed by atoms with Crippen LogP contribution in [0.2, 0.25) is 0 Å². The van der Waals surface area contributed by atoms with Crippen molar-refractivity contribution in [2.75, 3.05) is 19.0 Å². The van der Waals surface area contributed by atoms with E-state index in [9.17, 15) is 0 Å². The van der Waals surface area contributed by atoms with Gasteiger partial charge in [0.1, 0.15) is 11.5 Å². The Morgan fingerprint density at radius 3 is 1.88 bits per heavy atom. The van der Waals surface area contributed by atoms with Crippen molar-refractivity contribution in [3.05, 3.63) is 89.5 Å². The first-order chi connectivity index (χ1) is 15.5. The maximum Gasteiger partial charge on any atom is 0.174 e. The zero-order chi connectivity index (χ0) is 22.9. The molecule has 0 amide bonds. The zero-order valence-electron chi connectivity index (χ0n) is 19.3. The Bertz CT molecular complexity index is 984. The lowest BCUT2D eigenvalue weighted by molar-refractivity contribution is 0.340. The standard InChI is InChI=1S/C27H32N2O2S/c1-5-31-26-16-12-24(13-17-26)28-27(32)29(19-22-8-14-25(30-4)15-9-22)18-21-6-10-23(11-7-21)20(2)3/h6-17,20H,5,18-19H2,1-4H3,(H,28,32). The fourth-order valence-corrected chi connectivity index (χ4v) is 3.63. The Hall–Kier alpha value is -3.05. The number of hydrogen-bond donors (Lipinski definition) is 1. The van der Waals surface area contributed by atoms with E-state index in [0.717, 1.165) is 17.2 Å². The fraction of sp³-hybridized carbons (Fsp3) is 0.296. The molecule has 0 unspecified atom stereocenters. The molecule has 0 aliphatic carbocycles. The molecular formula is C27H32N2O2S. The highest BCUT2D eigenvalue weighted by Crippen LogP contribution is 2.20. The van der Waals surface area contributed by atoms with Crippen molar-refractivity contribution in [2.45, 2.75) is 39.8 Å². The summed E-state index contributed by atoms with van der Waals surface area (Å²) in [5.41, 5.74) is 4.66. The molecule has 3 aromatic rings. The summed E-state index contributed by atoms with van der Waals surface area (Å²) in [6, 6.07) is 24.8. The van der Waals surface area contributed by atoms with E-state index in [-0.39, 0.29) is 0 Å². The number of nitrogens with zero attached hydrogens (tertiary/aromatic N) is 1. The van der Waals surface area contributed by atoms with Crippen molar-refractivity contribution in [2.24, 2.45) is 0 Å². The van der Waals surface area contributed by atoms with Crippen LogP contribution in [0.25, 0.3) is 0 Å². The molecule has 4 nitrogen and oxygen atoms in total. The van der Waals surface area contributed by atoms with E-state index in [1.54, 1.807) is 7.11 Å². The minimum atomic E-state index is 0.516. The number of thiocarbonyl (C=S) groups is 1. The first kappa shape index (κ1) is 23.6. The number of anilines is 1. The Labute approximate surface area is 197 Å². The van der Waals surface area contributed by atoms with Crippen LogP contribution in [0.15, 0.2) is 72.8 Å². The van der Waals surface area contributed by atoms with Crippen LogP contribution in [0.3, 0.4) is 0 Å². The predicted molar refractivity (Wildman–Crippen MR) is 137 cm³/mol. The van der Waals surface area contributed by atoms with Gasteiger partial charge in [0.05, 0.1) is 13.7 Å². The summed E-state index contributed by atoms with van der Waals surface area (Å²) in [4.78, 5) is 2.18. The molecule has 0 radical (unpaired) electrons. The van der Waals surface area contributed by atoms with Crippen molar-refractivity contribution in [3.8, 4) is 11.5 Å². The van der Waals surface area contributed by atoms with E-state index in [1.807, 2.05) is 43.3 Å². The Balaban J connectivity index is 1.76. The molecule has 0 saturated heterocycles. The van der Waals surface area contributed by atoms with Gasteiger partial charge in [-0.3, -0.25) is 0 Å². The molecule has 3 rings (SSSR count). The van der Waals surface area contributed by atoms with Gasteiger partial charge in [-0.15, -0.1) is 0 Å². The maximum absolute atomic E-state index is 5.81. The average molecular weight is 449 g/mol. The van der Waals surface area contributed by atoms with Crippen LogP contribution in [0, 0.1) is 0 Å². The van der Waals surface area contributed by atoms with E-state index in [0.29, 0.717) is 30.7 Å². The van der Waals surface area contributed by atoms with Gasteiger partial charge in [-0.05, 0) is 78.1 Å². The van der Waals surface area contributed by atoms with E-state index in [4.69, 9.17) is 21.7 Å². The van der Waals surface area contributed by atoms with Gasteiger partial charge in [-0.2, -0.15) is 0 Å².